The Bertz CT molecular complexity index is 852. The Morgan fingerprint density at radius 3 is 2.77 bits per heavy atom. The maximum atomic E-state index is 12.1. The number of ether oxygens (including phenoxy) is 2. The molecule has 162 valence electrons. The summed E-state index contributed by atoms with van der Waals surface area (Å²) in [5, 5.41) is 9.66. The monoisotopic (exact) mass is 410 g/mol. The summed E-state index contributed by atoms with van der Waals surface area (Å²) in [4.78, 5) is 12.1. The molecular weight excluding hydrogens is 376 g/mol. The number of fused-ring (bicyclic) bond motifs is 2. The van der Waals surface area contributed by atoms with E-state index < -0.39 is 0 Å². The van der Waals surface area contributed by atoms with Crippen molar-refractivity contribution < 1.29 is 20.8 Å². The fourth-order valence-electron chi connectivity index (χ4n) is 5.24. The maximum absolute atomic E-state index is 12.1. The normalized spacial score (nSPS) is 23.3. The molecule has 0 spiro atoms. The molecule has 2 aromatic carbocycles. The molecule has 4 heteroatoms. The number of benzene rings is 2. The maximum Gasteiger partial charge on any atom is 0.344 e. The van der Waals surface area contributed by atoms with Crippen molar-refractivity contribution in [3.8, 4) is 5.75 Å². The van der Waals surface area contributed by atoms with E-state index in [0.29, 0.717) is 11.8 Å². The number of esters is 1. The highest BCUT2D eigenvalue weighted by Crippen LogP contribution is 2.48. The second-order valence-corrected chi connectivity index (χ2v) is 8.92. The van der Waals surface area contributed by atoms with Gasteiger partial charge in [-0.2, -0.15) is 0 Å². The molecular formula is C26H34O4. The lowest BCUT2D eigenvalue weighted by molar-refractivity contribution is -0.147. The fraction of sp³-hybridized carbons (Fsp3) is 0.500. The summed E-state index contributed by atoms with van der Waals surface area (Å²) < 4.78 is 11.2. The molecule has 0 aromatic heterocycles. The number of hydrogen-bond donors (Lipinski definition) is 1. The van der Waals surface area contributed by atoms with Gasteiger partial charge in [-0.1, -0.05) is 42.5 Å². The molecule has 0 amide bonds. The minimum Gasteiger partial charge on any atom is -0.482 e. The Hall–Kier alpha value is -2.33. The van der Waals surface area contributed by atoms with E-state index in [1.165, 1.54) is 24.0 Å². The van der Waals surface area contributed by atoms with E-state index in [-0.39, 0.29) is 26.7 Å². The van der Waals surface area contributed by atoms with E-state index in [4.69, 9.17) is 9.47 Å². The molecule has 0 aliphatic heterocycles. The summed E-state index contributed by atoms with van der Waals surface area (Å²) >= 11 is 0. The molecule has 0 bridgehead atoms. The van der Waals surface area contributed by atoms with Crippen molar-refractivity contribution in [3.05, 3.63) is 65.2 Å². The molecule has 4 unspecified atom stereocenters. The second-order valence-electron chi connectivity index (χ2n) is 8.92. The van der Waals surface area contributed by atoms with E-state index in [1.54, 1.807) is 0 Å². The van der Waals surface area contributed by atoms with Gasteiger partial charge < -0.3 is 14.6 Å². The SMILES string of the molecule is CC(O)CCC1CCC2Cc3c(cccc3OCC(=O)OCc3ccccc3)CC12.[HH]. The van der Waals surface area contributed by atoms with Crippen LogP contribution in [0.15, 0.2) is 48.5 Å². The van der Waals surface area contributed by atoms with E-state index >= 15 is 0 Å². The molecule has 0 heterocycles. The summed E-state index contributed by atoms with van der Waals surface area (Å²) in [6, 6.07) is 15.9. The van der Waals surface area contributed by atoms with E-state index in [9.17, 15) is 9.90 Å². The summed E-state index contributed by atoms with van der Waals surface area (Å²) in [6.07, 6.45) is 6.44. The van der Waals surface area contributed by atoms with Gasteiger partial charge in [0.15, 0.2) is 6.61 Å². The van der Waals surface area contributed by atoms with E-state index in [1.807, 2.05) is 49.4 Å². The molecule has 1 fully saturated rings. The average Bonchev–Trinajstić information content (AvgIpc) is 3.15. The lowest BCUT2D eigenvalue weighted by Crippen LogP contribution is -2.26. The number of rotatable bonds is 8. The zero-order chi connectivity index (χ0) is 20.9. The average molecular weight is 411 g/mol. The highest BCUT2D eigenvalue weighted by atomic mass is 16.6. The highest BCUT2D eigenvalue weighted by molar-refractivity contribution is 5.71. The smallest absolute Gasteiger partial charge is 0.344 e. The quantitative estimate of drug-likeness (QED) is 0.625. The van der Waals surface area contributed by atoms with Crippen LogP contribution in [0.25, 0.3) is 0 Å². The number of carbonyl (C=O) groups excluding carboxylic acids is 1. The van der Waals surface area contributed by atoms with Gasteiger partial charge in [-0.25, -0.2) is 4.79 Å². The van der Waals surface area contributed by atoms with Crippen LogP contribution in [0.5, 0.6) is 5.75 Å². The minimum absolute atomic E-state index is 0. The molecule has 0 saturated heterocycles. The van der Waals surface area contributed by atoms with Crippen LogP contribution in [0.4, 0.5) is 0 Å². The standard InChI is InChI=1S/C26H32O4.H2/c1-18(27)10-11-20-12-13-22-15-24-21(14-23(20)22)8-5-9-25(24)29-17-26(28)30-16-19-6-3-2-4-7-19;/h2-9,18,20,22-23,27H,10-17H2,1H3;1H. The first kappa shape index (κ1) is 20.9. The molecule has 4 atom stereocenters. The largest absolute Gasteiger partial charge is 0.482 e. The molecule has 1 N–H and O–H groups in total. The second kappa shape index (κ2) is 9.65. The number of hydrogen-bond acceptors (Lipinski definition) is 4. The van der Waals surface area contributed by atoms with Crippen molar-refractivity contribution in [3.63, 3.8) is 0 Å². The van der Waals surface area contributed by atoms with Gasteiger partial charge in [0.25, 0.3) is 0 Å². The van der Waals surface area contributed by atoms with E-state index in [0.717, 1.165) is 42.9 Å². The Morgan fingerprint density at radius 2 is 1.97 bits per heavy atom. The summed E-state index contributed by atoms with van der Waals surface area (Å²) in [7, 11) is 0. The Morgan fingerprint density at radius 1 is 1.13 bits per heavy atom. The number of carbonyl (C=O) groups is 1. The molecule has 2 aromatic rings. The molecule has 1 saturated carbocycles. The van der Waals surface area contributed by atoms with Crippen LogP contribution in [0.1, 0.15) is 50.7 Å². The van der Waals surface area contributed by atoms with Crippen LogP contribution in [0.2, 0.25) is 0 Å². The van der Waals surface area contributed by atoms with Crippen molar-refractivity contribution >= 4 is 5.97 Å². The first-order chi connectivity index (χ1) is 14.6. The topological polar surface area (TPSA) is 55.8 Å². The van der Waals surface area contributed by atoms with Crippen molar-refractivity contribution in [1.29, 1.82) is 0 Å². The summed E-state index contributed by atoms with van der Waals surface area (Å²) in [5.41, 5.74) is 3.60. The third-order valence-electron chi connectivity index (χ3n) is 6.81. The van der Waals surface area contributed by atoms with Gasteiger partial charge in [0.2, 0.25) is 0 Å². The third kappa shape index (κ3) is 5.04. The lowest BCUT2D eigenvalue weighted by atomic mass is 9.73. The van der Waals surface area contributed by atoms with Crippen LogP contribution >= 0.6 is 0 Å². The zero-order valence-electron chi connectivity index (χ0n) is 17.8. The van der Waals surface area contributed by atoms with Crippen LogP contribution in [-0.4, -0.2) is 23.8 Å². The van der Waals surface area contributed by atoms with E-state index in [2.05, 4.69) is 6.07 Å². The van der Waals surface area contributed by atoms with Gasteiger partial charge in [-0.3, -0.25) is 0 Å². The van der Waals surface area contributed by atoms with Gasteiger partial charge in [0.1, 0.15) is 12.4 Å². The predicted molar refractivity (Wildman–Crippen MR) is 118 cm³/mol. The van der Waals surface area contributed by atoms with Crippen LogP contribution in [0.3, 0.4) is 0 Å². The van der Waals surface area contributed by atoms with Crippen LogP contribution in [-0.2, 0) is 29.0 Å². The van der Waals surface area contributed by atoms with Gasteiger partial charge >= 0.3 is 5.97 Å². The van der Waals surface area contributed by atoms with Crippen LogP contribution < -0.4 is 4.74 Å². The molecule has 2 aliphatic rings. The molecule has 4 rings (SSSR count). The molecule has 30 heavy (non-hydrogen) atoms. The van der Waals surface area contributed by atoms with Gasteiger partial charge in [0.05, 0.1) is 6.10 Å². The summed E-state index contributed by atoms with van der Waals surface area (Å²) in [5.74, 6) is 2.60. The van der Waals surface area contributed by atoms with Crippen molar-refractivity contribution in [2.24, 2.45) is 17.8 Å². The van der Waals surface area contributed by atoms with Crippen molar-refractivity contribution in [2.45, 2.75) is 58.2 Å². The molecule has 4 nitrogen and oxygen atoms in total. The first-order valence-corrected chi connectivity index (χ1v) is 11.2. The third-order valence-corrected chi connectivity index (χ3v) is 6.81. The Balaban J connectivity index is 0.00000272. The fourth-order valence-corrected chi connectivity index (χ4v) is 5.24. The van der Waals surface area contributed by atoms with Crippen LogP contribution in [0, 0.1) is 17.8 Å². The minimum atomic E-state index is -0.343. The number of aliphatic hydroxyl groups is 1. The highest BCUT2D eigenvalue weighted by Gasteiger charge is 2.39. The van der Waals surface area contributed by atoms with Gasteiger partial charge in [-0.15, -0.1) is 0 Å². The van der Waals surface area contributed by atoms with Crippen molar-refractivity contribution in [1.82, 2.24) is 0 Å². The van der Waals surface area contributed by atoms with Gasteiger partial charge in [0, 0.05) is 1.43 Å². The lowest BCUT2D eigenvalue weighted by Gasteiger charge is -2.32. The summed E-state index contributed by atoms with van der Waals surface area (Å²) in [6.45, 7) is 2.10. The predicted octanol–water partition coefficient (Wildman–Crippen LogP) is 4.96. The van der Waals surface area contributed by atoms with Crippen molar-refractivity contribution in [2.75, 3.05) is 6.61 Å². The molecule has 2 aliphatic carbocycles. The first-order valence-electron chi connectivity index (χ1n) is 11.2. The molecule has 0 radical (unpaired) electrons. The zero-order valence-corrected chi connectivity index (χ0v) is 17.8. The van der Waals surface area contributed by atoms with Gasteiger partial charge in [-0.05, 0) is 86.0 Å². The Kier molecular flexibility index (Phi) is 6.73. The number of aliphatic hydroxyl groups excluding tert-OH is 1. The Labute approximate surface area is 180 Å².